The van der Waals surface area contributed by atoms with Gasteiger partial charge in [-0.3, -0.25) is 9.48 Å². The number of rotatable bonds is 2. The van der Waals surface area contributed by atoms with Gasteiger partial charge in [-0.15, -0.1) is 0 Å². The molecule has 29 heavy (non-hydrogen) atoms. The van der Waals surface area contributed by atoms with E-state index in [1.165, 1.54) is 0 Å². The summed E-state index contributed by atoms with van der Waals surface area (Å²) in [6, 6.07) is 9.93. The number of carbonyl (C=O) groups is 1. The van der Waals surface area contributed by atoms with Gasteiger partial charge in [-0.25, -0.2) is 9.50 Å². The summed E-state index contributed by atoms with van der Waals surface area (Å²) in [4.78, 5) is 22.9. The number of fused-ring (bicyclic) bond motifs is 3. The van der Waals surface area contributed by atoms with Crippen LogP contribution in [0.4, 0.5) is 0 Å². The topological polar surface area (TPSA) is 89.0 Å². The van der Waals surface area contributed by atoms with E-state index in [2.05, 4.69) is 15.1 Å². The van der Waals surface area contributed by atoms with Crippen molar-refractivity contribution in [3.8, 4) is 11.5 Å². The van der Waals surface area contributed by atoms with Crippen LogP contribution in [-0.2, 0) is 20.1 Å². The summed E-state index contributed by atoms with van der Waals surface area (Å²) >= 11 is 0. The van der Waals surface area contributed by atoms with Crippen molar-refractivity contribution in [3.05, 3.63) is 60.2 Å². The Hall–Kier alpha value is -3.88. The number of H-pyrrole nitrogens is 1. The Labute approximate surface area is 165 Å². The van der Waals surface area contributed by atoms with Crippen molar-refractivity contribution in [1.29, 1.82) is 0 Å². The Morgan fingerprint density at radius 2 is 2.07 bits per heavy atom. The highest BCUT2D eigenvalue weighted by Gasteiger charge is 2.26. The van der Waals surface area contributed by atoms with Gasteiger partial charge in [0.2, 0.25) is 0 Å². The summed E-state index contributed by atoms with van der Waals surface area (Å²) in [5.74, 6) is 0.729. The number of amides is 1. The fourth-order valence-electron chi connectivity index (χ4n) is 4.00. The maximum Gasteiger partial charge on any atom is 0.259 e. The molecule has 0 bridgehead atoms. The summed E-state index contributed by atoms with van der Waals surface area (Å²) in [5.41, 5.74) is 5.10. The summed E-state index contributed by atoms with van der Waals surface area (Å²) in [6.07, 6.45) is 5.38. The molecule has 9 heteroatoms. The number of hydrogen-bond acceptors (Lipinski definition) is 4. The van der Waals surface area contributed by atoms with Gasteiger partial charge in [-0.2, -0.15) is 10.2 Å². The number of hydrogen-bond donors (Lipinski definition) is 1. The quantitative estimate of drug-likeness (QED) is 0.503. The fraction of sp³-hybridized carbons (Fsp3) is 0.200. The first-order valence-electron chi connectivity index (χ1n) is 9.47. The van der Waals surface area contributed by atoms with Crippen LogP contribution in [0.5, 0.6) is 0 Å². The van der Waals surface area contributed by atoms with Crippen LogP contribution in [-0.4, -0.2) is 51.3 Å². The smallest absolute Gasteiger partial charge is 0.259 e. The van der Waals surface area contributed by atoms with Gasteiger partial charge in [-0.1, -0.05) is 12.1 Å². The van der Waals surface area contributed by atoms with Gasteiger partial charge in [0, 0.05) is 26.0 Å². The van der Waals surface area contributed by atoms with Crippen molar-refractivity contribution in [1.82, 2.24) is 38.8 Å². The minimum atomic E-state index is -0.0143. The Bertz CT molecular complexity index is 1350. The van der Waals surface area contributed by atoms with E-state index in [0.29, 0.717) is 25.2 Å². The molecule has 1 aromatic carbocycles. The second kappa shape index (κ2) is 5.81. The lowest BCUT2D eigenvalue weighted by Gasteiger charge is -2.27. The third kappa shape index (κ3) is 2.40. The van der Waals surface area contributed by atoms with Crippen LogP contribution < -0.4 is 0 Å². The highest BCUT2D eigenvalue weighted by atomic mass is 16.2. The SMILES string of the molecule is Cn1ccn2ncc(C(=O)N3CCn4nc(-c5nc6ccccc6[nH]5)cc4C3)c12. The second-order valence-electron chi connectivity index (χ2n) is 7.31. The summed E-state index contributed by atoms with van der Waals surface area (Å²) in [5, 5.41) is 8.98. The van der Waals surface area contributed by atoms with Crippen LogP contribution in [0.3, 0.4) is 0 Å². The number of aromatic amines is 1. The molecule has 6 rings (SSSR count). The molecule has 9 nitrogen and oxygen atoms in total. The van der Waals surface area contributed by atoms with Crippen molar-refractivity contribution in [2.45, 2.75) is 13.1 Å². The van der Waals surface area contributed by atoms with Crippen LogP contribution in [0.1, 0.15) is 16.1 Å². The highest BCUT2D eigenvalue weighted by molar-refractivity contribution is 5.99. The molecule has 5 aromatic rings. The van der Waals surface area contributed by atoms with Crippen molar-refractivity contribution in [2.24, 2.45) is 7.05 Å². The molecule has 0 aliphatic carbocycles. The fourth-order valence-corrected chi connectivity index (χ4v) is 4.00. The maximum absolute atomic E-state index is 13.1. The minimum absolute atomic E-state index is 0.0143. The standard InChI is InChI=1S/C20H18N8O/c1-25-6-8-28-19(25)14(11-21-28)20(29)26-7-9-27-13(12-26)10-17(24-27)18-22-15-4-2-3-5-16(15)23-18/h2-6,8,10-11H,7,9,12H2,1H3,(H,22,23). The van der Waals surface area contributed by atoms with E-state index in [1.807, 2.05) is 63.9 Å². The van der Waals surface area contributed by atoms with E-state index in [-0.39, 0.29) is 5.91 Å². The lowest BCUT2D eigenvalue weighted by Crippen LogP contribution is -2.38. The lowest BCUT2D eigenvalue weighted by atomic mass is 10.2. The zero-order chi connectivity index (χ0) is 19.5. The molecule has 1 aliphatic heterocycles. The van der Waals surface area contributed by atoms with E-state index < -0.39 is 0 Å². The number of nitrogens with zero attached hydrogens (tertiary/aromatic N) is 7. The first-order valence-corrected chi connectivity index (χ1v) is 9.47. The number of aryl methyl sites for hydroxylation is 1. The summed E-state index contributed by atoms with van der Waals surface area (Å²) in [7, 11) is 1.92. The van der Waals surface area contributed by atoms with Gasteiger partial charge < -0.3 is 14.5 Å². The third-order valence-corrected chi connectivity index (χ3v) is 5.48. The summed E-state index contributed by atoms with van der Waals surface area (Å²) < 4.78 is 5.59. The first-order chi connectivity index (χ1) is 14.2. The molecule has 0 saturated heterocycles. The molecule has 0 unspecified atom stereocenters. The van der Waals surface area contributed by atoms with E-state index in [1.54, 1.807) is 10.7 Å². The van der Waals surface area contributed by atoms with Crippen LogP contribution in [0.2, 0.25) is 0 Å². The summed E-state index contributed by atoms with van der Waals surface area (Å²) in [6.45, 7) is 1.77. The average Bonchev–Trinajstić information content (AvgIpc) is 3.50. The number of benzene rings is 1. The number of imidazole rings is 2. The van der Waals surface area contributed by atoms with Gasteiger partial charge >= 0.3 is 0 Å². The van der Waals surface area contributed by atoms with Crippen molar-refractivity contribution < 1.29 is 4.79 Å². The molecule has 0 fully saturated rings. The number of para-hydroxylation sites is 2. The molecular formula is C20H18N8O. The van der Waals surface area contributed by atoms with E-state index in [9.17, 15) is 4.79 Å². The second-order valence-corrected chi connectivity index (χ2v) is 7.31. The first kappa shape index (κ1) is 16.1. The van der Waals surface area contributed by atoms with E-state index >= 15 is 0 Å². The predicted molar refractivity (Wildman–Crippen MR) is 106 cm³/mol. The molecule has 4 aromatic heterocycles. The van der Waals surface area contributed by atoms with Crippen molar-refractivity contribution >= 4 is 22.6 Å². The lowest BCUT2D eigenvalue weighted by molar-refractivity contribution is 0.0707. The third-order valence-electron chi connectivity index (χ3n) is 5.48. The molecule has 0 radical (unpaired) electrons. The Morgan fingerprint density at radius 1 is 1.17 bits per heavy atom. The normalized spacial score (nSPS) is 14.0. The monoisotopic (exact) mass is 386 g/mol. The van der Waals surface area contributed by atoms with Gasteiger partial charge in [0.05, 0.1) is 36.0 Å². The maximum atomic E-state index is 13.1. The Kier molecular flexibility index (Phi) is 3.23. The van der Waals surface area contributed by atoms with Crippen LogP contribution in [0, 0.1) is 0 Å². The Morgan fingerprint density at radius 3 is 2.97 bits per heavy atom. The Balaban J connectivity index is 1.31. The predicted octanol–water partition coefficient (Wildman–Crippen LogP) is 2.07. The minimum Gasteiger partial charge on any atom is -0.337 e. The molecule has 1 aliphatic rings. The molecular weight excluding hydrogens is 368 g/mol. The number of nitrogens with one attached hydrogen (secondary N) is 1. The van der Waals surface area contributed by atoms with Crippen molar-refractivity contribution in [3.63, 3.8) is 0 Å². The van der Waals surface area contributed by atoms with Crippen LogP contribution in [0.25, 0.3) is 28.2 Å². The molecule has 0 spiro atoms. The highest BCUT2D eigenvalue weighted by Crippen LogP contribution is 2.24. The number of aromatic nitrogens is 7. The molecule has 0 atom stereocenters. The largest absolute Gasteiger partial charge is 0.337 e. The zero-order valence-corrected chi connectivity index (χ0v) is 15.8. The number of carbonyl (C=O) groups excluding carboxylic acids is 1. The molecule has 1 amide bonds. The zero-order valence-electron chi connectivity index (χ0n) is 15.8. The van der Waals surface area contributed by atoms with Gasteiger partial charge in [0.15, 0.2) is 5.82 Å². The molecule has 1 N–H and O–H groups in total. The molecule has 0 saturated carbocycles. The van der Waals surface area contributed by atoms with Crippen LogP contribution >= 0.6 is 0 Å². The van der Waals surface area contributed by atoms with Crippen molar-refractivity contribution in [2.75, 3.05) is 6.54 Å². The van der Waals surface area contributed by atoms with Gasteiger partial charge in [0.1, 0.15) is 16.9 Å². The van der Waals surface area contributed by atoms with E-state index in [0.717, 1.165) is 33.9 Å². The molecule has 144 valence electrons. The van der Waals surface area contributed by atoms with E-state index in [4.69, 9.17) is 5.10 Å². The van der Waals surface area contributed by atoms with Gasteiger partial charge in [0.25, 0.3) is 5.91 Å². The average molecular weight is 386 g/mol. The van der Waals surface area contributed by atoms with Crippen LogP contribution in [0.15, 0.2) is 48.9 Å². The molecule has 5 heterocycles. The van der Waals surface area contributed by atoms with Gasteiger partial charge in [-0.05, 0) is 18.2 Å².